The summed E-state index contributed by atoms with van der Waals surface area (Å²) in [4.78, 5) is 48.0. The van der Waals surface area contributed by atoms with Crippen molar-refractivity contribution in [1.82, 2.24) is 21.3 Å². The molecule has 85 heavy (non-hydrogen) atoms. The number of carbonyl (C=O) groups excluding carboxylic acids is 4. The van der Waals surface area contributed by atoms with E-state index in [1.165, 1.54) is 0 Å². The third-order valence-corrected chi connectivity index (χ3v) is 14.1. The summed E-state index contributed by atoms with van der Waals surface area (Å²) in [5.41, 5.74) is 8.65. The number of nitrogens with two attached hydrogens (primary N) is 1. The number of halogens is 1. The van der Waals surface area contributed by atoms with Crippen LogP contribution in [0, 0.1) is 0 Å². The van der Waals surface area contributed by atoms with Gasteiger partial charge in [-0.25, -0.2) is 4.79 Å². The van der Waals surface area contributed by atoms with Gasteiger partial charge in [-0.2, -0.15) is 11.8 Å². The molecule has 2 aromatic carbocycles. The van der Waals surface area contributed by atoms with Gasteiger partial charge in [0.05, 0.1) is 179 Å². The second-order valence-corrected chi connectivity index (χ2v) is 20.8. The standard InChI is InChI=1S/C60H98ClN5O18S/c1-71-58-51(7-4-5-18-61)8-6-9-52(58)16-21-72-24-20-64-59(69)53-14-12-50(13-15-53)48-65-57(68)17-22-73-25-27-75-29-31-77-33-35-79-37-39-81-41-43-83-45-46-84-44-42-82-40-38-80-36-34-78-32-30-76-28-26-74-23-19-63-56(67)11-3-2-10-55-47-54(49-85-55)66-60(62)70/h4,6-9,12-15,54-55H,2-3,5,10-11,16-49H2,1H3,(H,63,67)(H,64,69)(H,65,68)(H3,62,66,70)/b7-4-/t54?,55-/m0/s1. The first-order chi connectivity index (χ1) is 41.8. The van der Waals surface area contributed by atoms with Crippen molar-refractivity contribution in [3.63, 3.8) is 0 Å². The molecule has 5 amide bonds. The lowest BCUT2D eigenvalue weighted by atomic mass is 10.1. The number of allylic oxidation sites excluding steroid dienone is 1. The van der Waals surface area contributed by atoms with Gasteiger partial charge < -0.3 is 93.3 Å². The number of amides is 5. The second kappa shape index (κ2) is 54.0. The molecule has 1 aliphatic rings. The molecule has 1 unspecified atom stereocenters. The minimum Gasteiger partial charge on any atom is -0.496 e. The minimum atomic E-state index is -0.466. The number of thioether (sulfide) groups is 1. The first kappa shape index (κ1) is 75.0. The number of methoxy groups -OCH3 is 1. The highest BCUT2D eigenvalue weighted by molar-refractivity contribution is 8.00. The van der Waals surface area contributed by atoms with Crippen molar-refractivity contribution in [2.45, 2.75) is 69.2 Å². The lowest BCUT2D eigenvalue weighted by Gasteiger charge is -2.12. The summed E-state index contributed by atoms with van der Waals surface area (Å²) in [5.74, 6) is 2.00. The van der Waals surface area contributed by atoms with Gasteiger partial charge in [0, 0.05) is 66.5 Å². The second-order valence-electron chi connectivity index (χ2n) is 19.1. The normalized spacial score (nSPS) is 14.0. The van der Waals surface area contributed by atoms with E-state index in [1.54, 1.807) is 19.2 Å². The van der Waals surface area contributed by atoms with Crippen LogP contribution in [0.3, 0.4) is 0 Å². The number of rotatable bonds is 58. The zero-order valence-electron chi connectivity index (χ0n) is 50.1. The summed E-state index contributed by atoms with van der Waals surface area (Å²) in [7, 11) is 1.66. The zero-order valence-corrected chi connectivity index (χ0v) is 51.7. The third kappa shape index (κ3) is 42.3. The van der Waals surface area contributed by atoms with Crippen molar-refractivity contribution >= 4 is 53.2 Å². The average molecular weight is 1240 g/mol. The number of urea groups is 1. The molecule has 484 valence electrons. The van der Waals surface area contributed by atoms with E-state index < -0.39 is 6.03 Å². The number of primary amides is 1. The summed E-state index contributed by atoms with van der Waals surface area (Å²) in [6.45, 7) is 12.7. The Kier molecular flexibility index (Phi) is 47.6. The summed E-state index contributed by atoms with van der Waals surface area (Å²) in [5, 5.41) is 11.9. The van der Waals surface area contributed by atoms with Gasteiger partial charge in [0.25, 0.3) is 5.91 Å². The summed E-state index contributed by atoms with van der Waals surface area (Å²) in [6, 6.07) is 12.8. The highest BCUT2D eigenvalue weighted by atomic mass is 35.5. The van der Waals surface area contributed by atoms with Crippen LogP contribution >= 0.6 is 23.4 Å². The van der Waals surface area contributed by atoms with Gasteiger partial charge in [-0.1, -0.05) is 48.9 Å². The number of carbonyl (C=O) groups is 4. The van der Waals surface area contributed by atoms with E-state index in [4.69, 9.17) is 83.7 Å². The lowest BCUT2D eigenvalue weighted by molar-refractivity contribution is -0.123. The lowest BCUT2D eigenvalue weighted by Crippen LogP contribution is -2.38. The maximum absolute atomic E-state index is 12.6. The highest BCUT2D eigenvalue weighted by Crippen LogP contribution is 2.31. The molecule has 1 heterocycles. The predicted molar refractivity (Wildman–Crippen MR) is 326 cm³/mol. The van der Waals surface area contributed by atoms with E-state index in [1.807, 2.05) is 54.2 Å². The van der Waals surface area contributed by atoms with Crippen molar-refractivity contribution in [2.75, 3.05) is 204 Å². The van der Waals surface area contributed by atoms with Gasteiger partial charge in [-0.15, -0.1) is 11.6 Å². The minimum absolute atomic E-state index is 0.0346. The van der Waals surface area contributed by atoms with E-state index in [0.29, 0.717) is 214 Å². The Hall–Kier alpha value is -4.22. The molecule has 6 N–H and O–H groups in total. The Labute approximate surface area is 513 Å². The van der Waals surface area contributed by atoms with Crippen molar-refractivity contribution in [3.8, 4) is 5.75 Å². The number of ether oxygens (including phenoxy) is 14. The number of benzene rings is 2. The number of hydrogen-bond donors (Lipinski definition) is 5. The van der Waals surface area contributed by atoms with Crippen LogP contribution in [-0.4, -0.2) is 239 Å². The predicted octanol–water partition coefficient (Wildman–Crippen LogP) is 4.75. The molecule has 2 atom stereocenters. The number of para-hydroxylation sites is 1. The molecular formula is C60H98ClN5O18S. The van der Waals surface area contributed by atoms with Crippen molar-refractivity contribution in [3.05, 3.63) is 70.8 Å². The summed E-state index contributed by atoms with van der Waals surface area (Å²) >= 11 is 7.64. The molecule has 1 fully saturated rings. The van der Waals surface area contributed by atoms with Gasteiger partial charge in [-0.3, -0.25) is 14.4 Å². The maximum Gasteiger partial charge on any atom is 0.312 e. The molecule has 0 radical (unpaired) electrons. The Morgan fingerprint density at radius 1 is 0.565 bits per heavy atom. The number of nitrogens with one attached hydrogen (secondary N) is 4. The molecular weight excluding hydrogens is 1150 g/mol. The fraction of sp³-hybridized carbons (Fsp3) is 0.700. The van der Waals surface area contributed by atoms with E-state index in [2.05, 4.69) is 21.3 Å². The number of alkyl halides is 1. The molecule has 3 rings (SSSR count). The largest absolute Gasteiger partial charge is 0.496 e. The van der Waals surface area contributed by atoms with Crippen LogP contribution in [0.1, 0.15) is 72.0 Å². The molecule has 0 aliphatic carbocycles. The van der Waals surface area contributed by atoms with Crippen LogP contribution in [0.15, 0.2) is 48.5 Å². The van der Waals surface area contributed by atoms with Gasteiger partial charge in [-0.05, 0) is 55.4 Å². The van der Waals surface area contributed by atoms with E-state index in [9.17, 15) is 19.2 Å². The van der Waals surface area contributed by atoms with Gasteiger partial charge in [0.1, 0.15) is 5.75 Å². The Bertz CT molecular complexity index is 2020. The molecule has 25 heteroatoms. The first-order valence-corrected chi connectivity index (χ1v) is 31.3. The maximum atomic E-state index is 12.6. The Balaban J connectivity index is 0.934. The molecule has 0 bridgehead atoms. The van der Waals surface area contributed by atoms with Crippen LogP contribution in [0.25, 0.3) is 6.08 Å². The molecule has 23 nitrogen and oxygen atoms in total. The number of unbranched alkanes of at least 4 members (excludes halogenated alkanes) is 1. The van der Waals surface area contributed by atoms with Crippen LogP contribution in [0.2, 0.25) is 0 Å². The topological polar surface area (TPSA) is 272 Å². The van der Waals surface area contributed by atoms with E-state index in [0.717, 1.165) is 60.3 Å². The molecule has 0 spiro atoms. The highest BCUT2D eigenvalue weighted by Gasteiger charge is 2.25. The number of hydrogen-bond acceptors (Lipinski definition) is 19. The zero-order chi connectivity index (χ0) is 60.7. The van der Waals surface area contributed by atoms with Crippen LogP contribution in [0.4, 0.5) is 4.79 Å². The fourth-order valence-electron chi connectivity index (χ4n) is 8.04. The van der Waals surface area contributed by atoms with E-state index in [-0.39, 0.29) is 36.8 Å². The summed E-state index contributed by atoms with van der Waals surface area (Å²) < 4.78 is 77.7. The molecule has 1 aliphatic heterocycles. The first-order valence-electron chi connectivity index (χ1n) is 29.8. The van der Waals surface area contributed by atoms with Crippen LogP contribution < -0.4 is 31.7 Å². The van der Waals surface area contributed by atoms with Crippen LogP contribution in [-0.2, 0) is 84.1 Å². The molecule has 1 saturated heterocycles. The van der Waals surface area contributed by atoms with Gasteiger partial charge in [0.2, 0.25) is 11.8 Å². The summed E-state index contributed by atoms with van der Waals surface area (Å²) in [6.07, 6.45) is 10.0. The Morgan fingerprint density at radius 2 is 1.04 bits per heavy atom. The van der Waals surface area contributed by atoms with Crippen molar-refractivity contribution < 1.29 is 85.5 Å². The van der Waals surface area contributed by atoms with Gasteiger partial charge >= 0.3 is 6.03 Å². The van der Waals surface area contributed by atoms with E-state index >= 15 is 0 Å². The van der Waals surface area contributed by atoms with Crippen LogP contribution in [0.5, 0.6) is 5.75 Å². The third-order valence-electron chi connectivity index (χ3n) is 12.4. The molecule has 0 aromatic heterocycles. The average Bonchev–Trinajstić information content (AvgIpc) is 4.16. The Morgan fingerprint density at radius 3 is 1.53 bits per heavy atom. The van der Waals surface area contributed by atoms with Crippen molar-refractivity contribution in [2.24, 2.45) is 5.73 Å². The SMILES string of the molecule is COc1c(/C=C\CCCl)cccc1CCOCCNC(=O)c1ccc(CNC(=O)CCOCCOCCOCCOCCOCCOCCOCCOCCOCCOCCOCCOCCNC(=O)CCCC[C@H]2CC(NC(N)=O)CS2)cc1. The fourth-order valence-corrected chi connectivity index (χ4v) is 9.60. The van der Waals surface area contributed by atoms with Crippen molar-refractivity contribution in [1.29, 1.82) is 0 Å². The quantitative estimate of drug-likeness (QED) is 0.0442. The molecule has 2 aromatic rings. The molecule has 0 saturated carbocycles. The van der Waals surface area contributed by atoms with Gasteiger partial charge in [0.15, 0.2) is 0 Å². The monoisotopic (exact) mass is 1240 g/mol. The smallest absolute Gasteiger partial charge is 0.312 e.